The fourth-order valence-corrected chi connectivity index (χ4v) is 3.98. The van der Waals surface area contributed by atoms with E-state index >= 15 is 0 Å². The lowest BCUT2D eigenvalue weighted by Crippen LogP contribution is -2.19. The number of ether oxygens (including phenoxy) is 1. The van der Waals surface area contributed by atoms with Crippen LogP contribution in [0, 0.1) is 0 Å². The van der Waals surface area contributed by atoms with Crippen molar-refractivity contribution in [1.82, 2.24) is 0 Å². The van der Waals surface area contributed by atoms with Crippen LogP contribution < -0.4 is 10.5 Å². The Kier molecular flexibility index (Phi) is 3.99. The molecule has 2 aromatic rings. The Bertz CT molecular complexity index is 582. The average Bonchev–Trinajstić information content (AvgIpc) is 2.92. The van der Waals surface area contributed by atoms with Gasteiger partial charge < -0.3 is 10.5 Å². The summed E-state index contributed by atoms with van der Waals surface area (Å²) in [5.74, 6) is 2.37. The first-order valence-electron chi connectivity index (χ1n) is 6.99. The van der Waals surface area contributed by atoms with Crippen molar-refractivity contribution >= 4 is 11.8 Å². The van der Waals surface area contributed by atoms with E-state index in [-0.39, 0.29) is 6.04 Å². The fourth-order valence-electron chi connectivity index (χ4n) is 2.67. The molecule has 2 aromatic carbocycles. The van der Waals surface area contributed by atoms with Crippen molar-refractivity contribution < 1.29 is 4.74 Å². The molecule has 1 heterocycles. The molecule has 2 N–H and O–H groups in total. The van der Waals surface area contributed by atoms with E-state index in [1.807, 2.05) is 30.8 Å². The molecule has 1 aliphatic heterocycles. The van der Waals surface area contributed by atoms with Gasteiger partial charge in [-0.25, -0.2) is 0 Å². The maximum Gasteiger partial charge on any atom is 0.119 e. The summed E-state index contributed by atoms with van der Waals surface area (Å²) in [4.78, 5) is 1.37. The lowest BCUT2D eigenvalue weighted by Gasteiger charge is -2.20. The Balaban J connectivity index is 1.81. The number of hydrogen-bond acceptors (Lipinski definition) is 3. The number of hydrogen-bond donors (Lipinski definition) is 1. The van der Waals surface area contributed by atoms with Gasteiger partial charge in [-0.05, 0) is 36.2 Å². The quantitative estimate of drug-likeness (QED) is 0.923. The van der Waals surface area contributed by atoms with Gasteiger partial charge in [0.05, 0.1) is 6.61 Å². The molecule has 0 spiro atoms. The lowest BCUT2D eigenvalue weighted by atomic mass is 9.89. The zero-order valence-electron chi connectivity index (χ0n) is 11.6. The minimum absolute atomic E-state index is 0.0434. The van der Waals surface area contributed by atoms with Gasteiger partial charge in [0.2, 0.25) is 0 Å². The first-order valence-corrected chi connectivity index (χ1v) is 7.98. The number of benzene rings is 2. The van der Waals surface area contributed by atoms with Gasteiger partial charge >= 0.3 is 0 Å². The predicted molar refractivity (Wildman–Crippen MR) is 84.4 cm³/mol. The van der Waals surface area contributed by atoms with Crippen LogP contribution >= 0.6 is 11.8 Å². The highest BCUT2D eigenvalue weighted by atomic mass is 32.2. The molecule has 0 aromatic heterocycles. The summed E-state index contributed by atoms with van der Waals surface area (Å²) in [6, 6.07) is 16.8. The van der Waals surface area contributed by atoms with Gasteiger partial charge in [0.15, 0.2) is 0 Å². The van der Waals surface area contributed by atoms with Crippen LogP contribution in [-0.2, 0) is 0 Å². The molecule has 0 saturated heterocycles. The van der Waals surface area contributed by atoms with Crippen LogP contribution in [0.3, 0.4) is 0 Å². The SMILES string of the molecule is CCOc1ccc(C(N)C2CSc3ccccc32)cc1. The normalized spacial score (nSPS) is 18.6. The molecule has 3 rings (SSSR count). The third-order valence-corrected chi connectivity index (χ3v) is 4.95. The van der Waals surface area contributed by atoms with Crippen molar-refractivity contribution in [1.29, 1.82) is 0 Å². The molecule has 1 aliphatic rings. The first-order chi connectivity index (χ1) is 9.79. The van der Waals surface area contributed by atoms with E-state index < -0.39 is 0 Å². The summed E-state index contributed by atoms with van der Waals surface area (Å²) in [6.07, 6.45) is 0. The largest absolute Gasteiger partial charge is 0.494 e. The van der Waals surface area contributed by atoms with Gasteiger partial charge in [0.25, 0.3) is 0 Å². The maximum absolute atomic E-state index is 6.49. The van der Waals surface area contributed by atoms with E-state index in [4.69, 9.17) is 10.5 Å². The number of rotatable bonds is 4. The Morgan fingerprint density at radius 3 is 2.70 bits per heavy atom. The molecule has 104 valence electrons. The summed E-state index contributed by atoms with van der Waals surface area (Å²) in [5, 5.41) is 0. The second-order valence-electron chi connectivity index (χ2n) is 4.98. The predicted octanol–water partition coefficient (Wildman–Crippen LogP) is 3.97. The monoisotopic (exact) mass is 285 g/mol. The zero-order valence-corrected chi connectivity index (χ0v) is 12.4. The molecule has 0 saturated carbocycles. The van der Waals surface area contributed by atoms with E-state index in [0.29, 0.717) is 12.5 Å². The molecule has 20 heavy (non-hydrogen) atoms. The van der Waals surface area contributed by atoms with E-state index in [1.54, 1.807) is 0 Å². The minimum Gasteiger partial charge on any atom is -0.494 e. The summed E-state index contributed by atoms with van der Waals surface area (Å²) < 4.78 is 5.48. The van der Waals surface area contributed by atoms with Crippen LogP contribution in [0.4, 0.5) is 0 Å². The summed E-state index contributed by atoms with van der Waals surface area (Å²) in [6.45, 7) is 2.68. The van der Waals surface area contributed by atoms with Gasteiger partial charge in [-0.1, -0.05) is 30.3 Å². The molecule has 2 unspecified atom stereocenters. The van der Waals surface area contributed by atoms with E-state index in [0.717, 1.165) is 11.5 Å². The van der Waals surface area contributed by atoms with Gasteiger partial charge in [-0.15, -0.1) is 11.8 Å². The van der Waals surface area contributed by atoms with E-state index in [2.05, 4.69) is 36.4 Å². The zero-order chi connectivity index (χ0) is 13.9. The first kappa shape index (κ1) is 13.5. The molecule has 0 radical (unpaired) electrons. The van der Waals surface area contributed by atoms with Crippen LogP contribution in [0.1, 0.15) is 30.0 Å². The number of fused-ring (bicyclic) bond motifs is 1. The van der Waals surface area contributed by atoms with Gasteiger partial charge in [0.1, 0.15) is 5.75 Å². The van der Waals surface area contributed by atoms with Gasteiger partial charge in [-0.2, -0.15) is 0 Å². The number of thioether (sulfide) groups is 1. The molecule has 0 fully saturated rings. The van der Waals surface area contributed by atoms with Crippen molar-refractivity contribution in [2.24, 2.45) is 5.73 Å². The molecule has 2 nitrogen and oxygen atoms in total. The Hall–Kier alpha value is -1.45. The third kappa shape index (κ3) is 2.56. The summed E-state index contributed by atoms with van der Waals surface area (Å²) >= 11 is 1.91. The van der Waals surface area contributed by atoms with E-state index in [1.165, 1.54) is 16.0 Å². The Morgan fingerprint density at radius 2 is 1.95 bits per heavy atom. The highest BCUT2D eigenvalue weighted by Gasteiger charge is 2.28. The van der Waals surface area contributed by atoms with Crippen molar-refractivity contribution in [3.8, 4) is 5.75 Å². The van der Waals surface area contributed by atoms with Crippen molar-refractivity contribution in [2.75, 3.05) is 12.4 Å². The van der Waals surface area contributed by atoms with Crippen LogP contribution in [0.5, 0.6) is 5.75 Å². The fraction of sp³-hybridized carbons (Fsp3) is 0.294. The molecular weight excluding hydrogens is 266 g/mol. The van der Waals surface area contributed by atoms with Crippen molar-refractivity contribution in [3.05, 3.63) is 59.7 Å². The van der Waals surface area contributed by atoms with Crippen molar-refractivity contribution in [2.45, 2.75) is 23.8 Å². The molecule has 3 heteroatoms. The van der Waals surface area contributed by atoms with Gasteiger partial charge in [-0.3, -0.25) is 0 Å². The Morgan fingerprint density at radius 1 is 1.20 bits per heavy atom. The molecule has 0 bridgehead atoms. The molecule has 0 aliphatic carbocycles. The third-order valence-electron chi connectivity index (χ3n) is 3.75. The second-order valence-corrected chi connectivity index (χ2v) is 6.04. The Labute approximate surface area is 124 Å². The maximum atomic E-state index is 6.49. The van der Waals surface area contributed by atoms with Crippen molar-refractivity contribution in [3.63, 3.8) is 0 Å². The summed E-state index contributed by atoms with van der Waals surface area (Å²) in [7, 11) is 0. The lowest BCUT2D eigenvalue weighted by molar-refractivity contribution is 0.340. The standard InChI is InChI=1S/C17H19NOS/c1-2-19-13-9-7-12(8-10-13)17(18)15-11-20-16-6-4-3-5-14(15)16/h3-10,15,17H,2,11,18H2,1H3. The van der Waals surface area contributed by atoms with Crippen LogP contribution in [0.2, 0.25) is 0 Å². The second kappa shape index (κ2) is 5.90. The highest BCUT2D eigenvalue weighted by Crippen LogP contribution is 2.44. The smallest absolute Gasteiger partial charge is 0.119 e. The van der Waals surface area contributed by atoms with Crippen LogP contribution in [-0.4, -0.2) is 12.4 Å². The molecule has 2 atom stereocenters. The summed E-state index contributed by atoms with van der Waals surface area (Å²) in [5.41, 5.74) is 9.05. The van der Waals surface area contributed by atoms with Crippen LogP contribution in [0.15, 0.2) is 53.4 Å². The minimum atomic E-state index is 0.0434. The van der Waals surface area contributed by atoms with Gasteiger partial charge in [0, 0.05) is 22.6 Å². The highest BCUT2D eigenvalue weighted by molar-refractivity contribution is 7.99. The number of nitrogens with two attached hydrogens (primary N) is 1. The van der Waals surface area contributed by atoms with Crippen LogP contribution in [0.25, 0.3) is 0 Å². The molecular formula is C17H19NOS. The molecule has 0 amide bonds. The topological polar surface area (TPSA) is 35.2 Å². The van der Waals surface area contributed by atoms with E-state index in [9.17, 15) is 0 Å². The average molecular weight is 285 g/mol.